The Kier molecular flexibility index (Phi) is 6.53. The first kappa shape index (κ1) is 24.1. The molecule has 0 saturated heterocycles. The number of benzene rings is 1. The van der Waals surface area contributed by atoms with Gasteiger partial charge < -0.3 is 20.6 Å². The summed E-state index contributed by atoms with van der Waals surface area (Å²) in [6, 6.07) is 8.62. The van der Waals surface area contributed by atoms with Gasteiger partial charge in [0.2, 0.25) is 0 Å². The van der Waals surface area contributed by atoms with Crippen LogP contribution in [0.2, 0.25) is 10.0 Å². The summed E-state index contributed by atoms with van der Waals surface area (Å²) in [5.41, 5.74) is 18.2. The highest BCUT2D eigenvalue weighted by Crippen LogP contribution is 2.37. The van der Waals surface area contributed by atoms with Crippen molar-refractivity contribution in [3.63, 3.8) is 0 Å². The second-order valence-electron chi connectivity index (χ2n) is 8.43. The Labute approximate surface area is 216 Å². The average Bonchev–Trinajstić information content (AvgIpc) is 3.45. The second kappa shape index (κ2) is 9.77. The van der Waals surface area contributed by atoms with Crippen LogP contribution >= 0.6 is 23.2 Å². The summed E-state index contributed by atoms with van der Waals surface area (Å²) in [4.78, 5) is 13.9. The van der Waals surface area contributed by atoms with Gasteiger partial charge in [0.1, 0.15) is 17.9 Å². The lowest BCUT2D eigenvalue weighted by molar-refractivity contribution is 0.288. The molecular formula is C25H23Cl2N7O2. The maximum absolute atomic E-state index is 6.33. The summed E-state index contributed by atoms with van der Waals surface area (Å²) in [5.74, 6) is 1.31. The normalized spacial score (nSPS) is 12.2. The van der Waals surface area contributed by atoms with Crippen LogP contribution in [0.3, 0.4) is 0 Å². The number of nitrogen functional groups attached to an aromatic ring is 1. The number of ether oxygens (including phenoxy) is 1. The van der Waals surface area contributed by atoms with Crippen LogP contribution in [0.4, 0.5) is 5.82 Å². The summed E-state index contributed by atoms with van der Waals surface area (Å²) in [5, 5.41) is 8.18. The molecule has 36 heavy (non-hydrogen) atoms. The van der Waals surface area contributed by atoms with Gasteiger partial charge in [-0.25, -0.2) is 15.0 Å². The highest BCUT2D eigenvalue weighted by Gasteiger charge is 2.20. The maximum Gasteiger partial charge on any atom is 0.174 e. The number of halogens is 2. The molecule has 0 amide bonds. The molecule has 5 N–H and O–H groups in total. The van der Waals surface area contributed by atoms with E-state index in [4.69, 9.17) is 48.8 Å². The molecule has 9 nitrogen and oxygen atoms in total. The fourth-order valence-corrected chi connectivity index (χ4v) is 4.41. The van der Waals surface area contributed by atoms with E-state index in [0.29, 0.717) is 56.1 Å². The fourth-order valence-electron chi connectivity index (χ4n) is 3.92. The summed E-state index contributed by atoms with van der Waals surface area (Å²) < 4.78 is 11.5. The van der Waals surface area contributed by atoms with Crippen molar-refractivity contribution in [3.05, 3.63) is 69.9 Å². The lowest BCUT2D eigenvalue weighted by Crippen LogP contribution is -2.30. The molecule has 1 aromatic carbocycles. The molecule has 4 aromatic heterocycles. The van der Waals surface area contributed by atoms with Crippen molar-refractivity contribution in [2.24, 2.45) is 5.73 Å². The molecule has 11 heteroatoms. The number of hydrogen-bond acceptors (Lipinski definition) is 8. The minimum Gasteiger partial charge on any atom is -0.488 e. The van der Waals surface area contributed by atoms with Crippen molar-refractivity contribution < 1.29 is 9.15 Å². The predicted octanol–water partition coefficient (Wildman–Crippen LogP) is 5.13. The number of aromatic amines is 1. The van der Waals surface area contributed by atoms with Gasteiger partial charge in [-0.1, -0.05) is 29.3 Å². The zero-order valence-electron chi connectivity index (χ0n) is 19.5. The maximum atomic E-state index is 6.33. The number of aryl methyl sites for hydroxylation is 2. The number of nitrogens with zero attached hydrogens (tertiary/aromatic N) is 4. The Hall–Kier alpha value is -3.66. The summed E-state index contributed by atoms with van der Waals surface area (Å²) in [6.45, 7) is 3.92. The van der Waals surface area contributed by atoms with Gasteiger partial charge in [-0.3, -0.25) is 5.10 Å². The van der Waals surface area contributed by atoms with E-state index in [-0.39, 0.29) is 18.5 Å². The number of nitrogens with one attached hydrogen (secondary N) is 1. The topological polar surface area (TPSA) is 142 Å². The third-order valence-corrected chi connectivity index (χ3v) is 6.39. The number of furan rings is 1. The Balaban J connectivity index is 1.48. The number of nitrogens with two attached hydrogens (primary N) is 2. The predicted molar refractivity (Wildman–Crippen MR) is 140 cm³/mol. The van der Waals surface area contributed by atoms with Gasteiger partial charge in [-0.15, -0.1) is 0 Å². The van der Waals surface area contributed by atoms with Crippen LogP contribution in [0, 0.1) is 13.8 Å². The third-order valence-electron chi connectivity index (χ3n) is 5.80. The molecule has 1 atom stereocenters. The number of hydrogen-bond donors (Lipinski definition) is 3. The number of pyridine rings is 1. The SMILES string of the molecule is Cc1occc1-c1nc(N)c(OC[C@@H](N)Cc2ccc(Cl)cc2Cl)cc1-c1cnc2[nH]nc(C)c2n1. The number of fused-ring (bicyclic) bond motifs is 1. The van der Waals surface area contributed by atoms with Gasteiger partial charge in [0.25, 0.3) is 0 Å². The van der Waals surface area contributed by atoms with E-state index in [2.05, 4.69) is 20.2 Å². The minimum absolute atomic E-state index is 0.194. The van der Waals surface area contributed by atoms with Crippen LogP contribution in [0.25, 0.3) is 33.7 Å². The Bertz CT molecular complexity index is 1560. The Morgan fingerprint density at radius 2 is 1.94 bits per heavy atom. The minimum atomic E-state index is -0.341. The summed E-state index contributed by atoms with van der Waals surface area (Å²) >= 11 is 12.3. The lowest BCUT2D eigenvalue weighted by atomic mass is 10.0. The van der Waals surface area contributed by atoms with E-state index in [1.165, 1.54) is 0 Å². The van der Waals surface area contributed by atoms with Gasteiger partial charge in [-0.05, 0) is 50.1 Å². The Morgan fingerprint density at radius 3 is 2.69 bits per heavy atom. The van der Waals surface area contributed by atoms with Crippen molar-refractivity contribution in [3.8, 4) is 28.3 Å². The molecule has 0 aliphatic heterocycles. The van der Waals surface area contributed by atoms with Crippen molar-refractivity contribution in [2.45, 2.75) is 26.3 Å². The molecule has 0 aliphatic rings. The number of aromatic nitrogens is 5. The van der Waals surface area contributed by atoms with E-state index in [1.54, 1.807) is 30.7 Å². The largest absolute Gasteiger partial charge is 0.488 e. The number of anilines is 1. The first-order valence-corrected chi connectivity index (χ1v) is 11.9. The summed E-state index contributed by atoms with van der Waals surface area (Å²) in [7, 11) is 0. The van der Waals surface area contributed by atoms with Crippen LogP contribution < -0.4 is 16.2 Å². The smallest absolute Gasteiger partial charge is 0.174 e. The molecular weight excluding hydrogens is 501 g/mol. The van der Waals surface area contributed by atoms with E-state index in [9.17, 15) is 0 Å². The van der Waals surface area contributed by atoms with Crippen LogP contribution in [0.15, 0.2) is 47.2 Å². The standard InChI is InChI=1S/C25H23Cl2N7O2/c1-12-22-25(34-33-12)30-10-20(31-22)18-9-21(24(29)32-23(18)17-5-6-35-13(17)2)36-11-16(28)7-14-3-4-15(26)8-19(14)27/h3-6,8-10,16H,7,11,28H2,1-2H3,(H2,29,32)(H,30,33,34)/t16-/m0/s1. The molecule has 0 aliphatic carbocycles. The van der Waals surface area contributed by atoms with E-state index >= 15 is 0 Å². The second-order valence-corrected chi connectivity index (χ2v) is 9.27. The summed E-state index contributed by atoms with van der Waals surface area (Å²) in [6.07, 6.45) is 3.77. The van der Waals surface area contributed by atoms with Gasteiger partial charge in [0, 0.05) is 27.2 Å². The van der Waals surface area contributed by atoms with Crippen LogP contribution in [0.5, 0.6) is 5.75 Å². The molecule has 4 heterocycles. The molecule has 184 valence electrons. The molecule has 0 unspecified atom stereocenters. The van der Waals surface area contributed by atoms with Gasteiger partial charge in [-0.2, -0.15) is 5.10 Å². The molecule has 0 fully saturated rings. The van der Waals surface area contributed by atoms with Crippen LogP contribution in [-0.2, 0) is 6.42 Å². The zero-order chi connectivity index (χ0) is 25.4. The fraction of sp³-hybridized carbons (Fsp3) is 0.200. The van der Waals surface area contributed by atoms with Gasteiger partial charge in [0.05, 0.1) is 29.5 Å². The molecule has 0 saturated carbocycles. The highest BCUT2D eigenvalue weighted by atomic mass is 35.5. The van der Waals surface area contributed by atoms with Crippen molar-refractivity contribution in [1.29, 1.82) is 0 Å². The van der Waals surface area contributed by atoms with Gasteiger partial charge >= 0.3 is 0 Å². The number of rotatable bonds is 7. The van der Waals surface area contributed by atoms with Crippen molar-refractivity contribution in [2.75, 3.05) is 12.3 Å². The average molecular weight is 524 g/mol. The lowest BCUT2D eigenvalue weighted by Gasteiger charge is -2.17. The van der Waals surface area contributed by atoms with Gasteiger partial charge in [0.15, 0.2) is 17.2 Å². The monoisotopic (exact) mass is 523 g/mol. The van der Waals surface area contributed by atoms with Crippen molar-refractivity contribution >= 4 is 40.2 Å². The Morgan fingerprint density at radius 1 is 1.11 bits per heavy atom. The molecule has 5 aromatic rings. The molecule has 5 rings (SSSR count). The van der Waals surface area contributed by atoms with Crippen molar-refractivity contribution in [1.82, 2.24) is 25.1 Å². The third kappa shape index (κ3) is 4.73. The quantitative estimate of drug-likeness (QED) is 0.266. The molecule has 0 spiro atoms. The van der Waals surface area contributed by atoms with Crippen LogP contribution in [-0.4, -0.2) is 37.8 Å². The molecule has 0 bridgehead atoms. The van der Waals surface area contributed by atoms with E-state index in [0.717, 1.165) is 16.8 Å². The zero-order valence-corrected chi connectivity index (χ0v) is 21.1. The highest BCUT2D eigenvalue weighted by molar-refractivity contribution is 6.35. The van der Waals surface area contributed by atoms with Crippen LogP contribution in [0.1, 0.15) is 17.0 Å². The number of H-pyrrole nitrogens is 1. The first-order valence-electron chi connectivity index (χ1n) is 11.2. The van der Waals surface area contributed by atoms with E-state index in [1.807, 2.05) is 26.0 Å². The molecule has 0 radical (unpaired) electrons. The van der Waals surface area contributed by atoms with E-state index < -0.39 is 0 Å². The first-order chi connectivity index (χ1) is 17.3.